The number of aromatic nitrogens is 4. The Bertz CT molecular complexity index is 1050. The highest BCUT2D eigenvalue weighted by Crippen LogP contribution is 2.25. The fourth-order valence-electron chi connectivity index (χ4n) is 2.82. The van der Waals surface area contributed by atoms with Gasteiger partial charge in [-0.05, 0) is 50.1 Å². The SMILES string of the molecule is Cc1ccc(Nc2ncnc3nn(-c4cccc(C)c4C)cc23)cc1. The summed E-state index contributed by atoms with van der Waals surface area (Å²) in [5.74, 6) is 0.755. The molecule has 0 fully saturated rings. The molecule has 0 unspecified atom stereocenters. The van der Waals surface area contributed by atoms with Crippen molar-refractivity contribution in [1.29, 1.82) is 0 Å². The lowest BCUT2D eigenvalue weighted by Crippen LogP contribution is -1.98. The number of anilines is 2. The van der Waals surface area contributed by atoms with E-state index >= 15 is 0 Å². The fourth-order valence-corrected chi connectivity index (χ4v) is 2.82. The summed E-state index contributed by atoms with van der Waals surface area (Å²) in [7, 11) is 0. The van der Waals surface area contributed by atoms with Gasteiger partial charge in [-0.25, -0.2) is 14.6 Å². The van der Waals surface area contributed by atoms with E-state index in [1.165, 1.54) is 16.7 Å². The number of rotatable bonds is 3. The molecule has 2 aromatic heterocycles. The summed E-state index contributed by atoms with van der Waals surface area (Å²) in [5, 5.41) is 8.88. The number of nitrogens with one attached hydrogen (secondary N) is 1. The topological polar surface area (TPSA) is 55.6 Å². The van der Waals surface area contributed by atoms with Crippen LogP contribution in [0, 0.1) is 20.8 Å². The van der Waals surface area contributed by atoms with Crippen molar-refractivity contribution in [2.24, 2.45) is 0 Å². The van der Waals surface area contributed by atoms with Crippen LogP contribution in [0.15, 0.2) is 55.0 Å². The van der Waals surface area contributed by atoms with E-state index in [0.29, 0.717) is 5.65 Å². The van der Waals surface area contributed by atoms with Crippen LogP contribution in [0.3, 0.4) is 0 Å². The number of aryl methyl sites for hydroxylation is 2. The van der Waals surface area contributed by atoms with E-state index in [1.54, 1.807) is 6.33 Å². The maximum atomic E-state index is 4.63. The Morgan fingerprint density at radius 3 is 2.52 bits per heavy atom. The van der Waals surface area contributed by atoms with Gasteiger partial charge in [-0.3, -0.25) is 0 Å². The maximum absolute atomic E-state index is 4.63. The van der Waals surface area contributed by atoms with Crippen LogP contribution in [-0.4, -0.2) is 19.7 Å². The molecule has 0 saturated heterocycles. The third kappa shape index (κ3) is 2.85. The summed E-state index contributed by atoms with van der Waals surface area (Å²) in [5.41, 5.74) is 6.38. The Hall–Kier alpha value is -3.21. The molecule has 124 valence electrons. The largest absolute Gasteiger partial charge is 0.340 e. The average molecular weight is 329 g/mol. The lowest BCUT2D eigenvalue weighted by atomic mass is 10.1. The first-order valence-corrected chi connectivity index (χ1v) is 8.22. The zero-order chi connectivity index (χ0) is 17.4. The highest BCUT2D eigenvalue weighted by Gasteiger charge is 2.11. The molecule has 4 rings (SSSR count). The zero-order valence-electron chi connectivity index (χ0n) is 14.5. The molecule has 2 heterocycles. The molecule has 25 heavy (non-hydrogen) atoms. The van der Waals surface area contributed by atoms with Gasteiger partial charge in [0.05, 0.1) is 11.1 Å². The van der Waals surface area contributed by atoms with Crippen LogP contribution in [0.2, 0.25) is 0 Å². The van der Waals surface area contributed by atoms with Crippen molar-refractivity contribution in [2.75, 3.05) is 5.32 Å². The lowest BCUT2D eigenvalue weighted by Gasteiger charge is -2.07. The van der Waals surface area contributed by atoms with Gasteiger partial charge in [-0.2, -0.15) is 0 Å². The smallest absolute Gasteiger partial charge is 0.186 e. The summed E-state index contributed by atoms with van der Waals surface area (Å²) in [6.07, 6.45) is 3.52. The van der Waals surface area contributed by atoms with Crippen molar-refractivity contribution in [3.63, 3.8) is 0 Å². The van der Waals surface area contributed by atoms with Gasteiger partial charge in [0, 0.05) is 11.9 Å². The van der Waals surface area contributed by atoms with Gasteiger partial charge in [-0.15, -0.1) is 5.10 Å². The first kappa shape index (κ1) is 15.3. The molecule has 0 spiro atoms. The Labute approximate surface area is 146 Å². The van der Waals surface area contributed by atoms with Crippen LogP contribution in [-0.2, 0) is 0 Å². The molecule has 5 nitrogen and oxygen atoms in total. The van der Waals surface area contributed by atoms with E-state index in [0.717, 1.165) is 22.6 Å². The van der Waals surface area contributed by atoms with E-state index in [2.05, 4.69) is 65.4 Å². The Morgan fingerprint density at radius 1 is 0.920 bits per heavy atom. The van der Waals surface area contributed by atoms with Gasteiger partial charge in [0.1, 0.15) is 12.1 Å². The van der Waals surface area contributed by atoms with Crippen LogP contribution in [0.25, 0.3) is 16.7 Å². The van der Waals surface area contributed by atoms with Gasteiger partial charge >= 0.3 is 0 Å². The Kier molecular flexibility index (Phi) is 3.69. The summed E-state index contributed by atoms with van der Waals surface area (Å²) < 4.78 is 1.88. The quantitative estimate of drug-likeness (QED) is 0.602. The Balaban J connectivity index is 1.78. The van der Waals surface area contributed by atoms with Gasteiger partial charge in [0.15, 0.2) is 5.65 Å². The maximum Gasteiger partial charge on any atom is 0.186 e. The molecule has 0 amide bonds. The van der Waals surface area contributed by atoms with Gasteiger partial charge < -0.3 is 5.32 Å². The second-order valence-electron chi connectivity index (χ2n) is 6.24. The normalized spacial score (nSPS) is 11.0. The molecule has 0 aliphatic carbocycles. The summed E-state index contributed by atoms with van der Waals surface area (Å²) in [4.78, 5) is 8.71. The van der Waals surface area contributed by atoms with Crippen LogP contribution < -0.4 is 5.32 Å². The lowest BCUT2D eigenvalue weighted by molar-refractivity contribution is 0.879. The molecule has 0 radical (unpaired) electrons. The minimum Gasteiger partial charge on any atom is -0.340 e. The second-order valence-corrected chi connectivity index (χ2v) is 6.24. The molecular formula is C20H19N5. The molecule has 0 aliphatic heterocycles. The molecule has 0 bridgehead atoms. The highest BCUT2D eigenvalue weighted by molar-refractivity contribution is 5.88. The second kappa shape index (κ2) is 6.02. The van der Waals surface area contributed by atoms with Gasteiger partial charge in [0.25, 0.3) is 0 Å². The average Bonchev–Trinajstić information content (AvgIpc) is 3.04. The van der Waals surface area contributed by atoms with Crippen molar-refractivity contribution < 1.29 is 0 Å². The number of hydrogen-bond acceptors (Lipinski definition) is 4. The number of benzene rings is 2. The monoisotopic (exact) mass is 329 g/mol. The number of fused-ring (bicyclic) bond motifs is 1. The minimum absolute atomic E-state index is 0.672. The van der Waals surface area contributed by atoms with Crippen molar-refractivity contribution in [2.45, 2.75) is 20.8 Å². The number of nitrogens with zero attached hydrogens (tertiary/aromatic N) is 4. The standard InChI is InChI=1S/C20H19N5/c1-13-7-9-16(10-8-13)23-19-17-11-25(24-20(17)22-12-21-19)18-6-4-5-14(2)15(18)3/h4-12H,1-3H3,(H,21,22,23,24). The predicted molar refractivity (Wildman–Crippen MR) is 101 cm³/mol. The van der Waals surface area contributed by atoms with E-state index in [9.17, 15) is 0 Å². The first-order valence-electron chi connectivity index (χ1n) is 8.22. The van der Waals surface area contributed by atoms with Crippen LogP contribution in [0.1, 0.15) is 16.7 Å². The summed E-state index contributed by atoms with van der Waals surface area (Å²) in [6, 6.07) is 14.4. The molecule has 2 aromatic carbocycles. The number of hydrogen-bond donors (Lipinski definition) is 1. The predicted octanol–water partition coefficient (Wildman–Crippen LogP) is 4.48. The molecule has 0 atom stereocenters. The Morgan fingerprint density at radius 2 is 1.72 bits per heavy atom. The van der Waals surface area contributed by atoms with Gasteiger partial charge in [0.2, 0.25) is 0 Å². The van der Waals surface area contributed by atoms with Crippen LogP contribution in [0.4, 0.5) is 11.5 Å². The summed E-state index contributed by atoms with van der Waals surface area (Å²) in [6.45, 7) is 6.28. The molecule has 0 saturated carbocycles. The third-order valence-electron chi connectivity index (χ3n) is 4.45. The molecule has 5 heteroatoms. The van der Waals surface area contributed by atoms with Crippen molar-refractivity contribution in [3.05, 3.63) is 71.7 Å². The van der Waals surface area contributed by atoms with Gasteiger partial charge in [-0.1, -0.05) is 29.8 Å². The van der Waals surface area contributed by atoms with E-state index in [-0.39, 0.29) is 0 Å². The molecule has 4 aromatic rings. The third-order valence-corrected chi connectivity index (χ3v) is 4.45. The van der Waals surface area contributed by atoms with Crippen LogP contribution >= 0.6 is 0 Å². The van der Waals surface area contributed by atoms with Crippen molar-refractivity contribution in [3.8, 4) is 5.69 Å². The summed E-state index contributed by atoms with van der Waals surface area (Å²) >= 11 is 0. The van der Waals surface area contributed by atoms with Crippen LogP contribution in [0.5, 0.6) is 0 Å². The molecule has 0 aliphatic rings. The minimum atomic E-state index is 0.672. The van der Waals surface area contributed by atoms with E-state index in [1.807, 2.05) is 29.1 Å². The zero-order valence-corrected chi connectivity index (χ0v) is 14.5. The first-order chi connectivity index (χ1) is 12.1. The molecular weight excluding hydrogens is 310 g/mol. The fraction of sp³-hybridized carbons (Fsp3) is 0.150. The molecule has 1 N–H and O–H groups in total. The van der Waals surface area contributed by atoms with E-state index in [4.69, 9.17) is 0 Å². The van der Waals surface area contributed by atoms with Crippen molar-refractivity contribution in [1.82, 2.24) is 19.7 Å². The van der Waals surface area contributed by atoms with E-state index < -0.39 is 0 Å². The van der Waals surface area contributed by atoms with Crippen molar-refractivity contribution >= 4 is 22.5 Å². The highest BCUT2D eigenvalue weighted by atomic mass is 15.3.